The van der Waals surface area contributed by atoms with Crippen molar-refractivity contribution in [3.05, 3.63) is 35.2 Å². The molecule has 0 amide bonds. The van der Waals surface area contributed by atoms with Crippen LogP contribution in [0, 0.1) is 0 Å². The topological polar surface area (TPSA) is 113 Å². The van der Waals surface area contributed by atoms with Gasteiger partial charge in [-0.3, -0.25) is 0 Å². The van der Waals surface area contributed by atoms with Crippen molar-refractivity contribution in [2.45, 2.75) is 36.5 Å². The molecule has 0 saturated carbocycles. The van der Waals surface area contributed by atoms with E-state index in [0.717, 1.165) is 18.7 Å². The number of aryl methyl sites for hydroxylation is 1. The first-order valence-corrected chi connectivity index (χ1v) is 9.87. The number of alkyl halides is 3. The predicted octanol–water partition coefficient (Wildman–Crippen LogP) is 1.66. The Balaban J connectivity index is 0.000000321. The Labute approximate surface area is 156 Å². The highest BCUT2D eigenvalue weighted by Crippen LogP contribution is 2.25. The van der Waals surface area contributed by atoms with Gasteiger partial charge in [0, 0.05) is 13.1 Å². The third-order valence-electron chi connectivity index (χ3n) is 3.65. The van der Waals surface area contributed by atoms with Gasteiger partial charge in [0.2, 0.25) is 0 Å². The van der Waals surface area contributed by atoms with Crippen molar-refractivity contribution in [2.75, 3.05) is 6.54 Å². The Morgan fingerprint density at radius 2 is 2.00 bits per heavy atom. The zero-order valence-electron chi connectivity index (χ0n) is 13.8. The van der Waals surface area contributed by atoms with Crippen molar-refractivity contribution in [1.29, 1.82) is 0 Å². The summed E-state index contributed by atoms with van der Waals surface area (Å²) < 4.78 is 60.6. The van der Waals surface area contributed by atoms with Gasteiger partial charge >= 0.3 is 12.1 Å². The monoisotopic (exact) mass is 427 g/mol. The molecule has 0 aromatic carbocycles. The van der Waals surface area contributed by atoms with Crippen molar-refractivity contribution in [2.24, 2.45) is 0 Å². The van der Waals surface area contributed by atoms with Crippen molar-refractivity contribution in [1.82, 2.24) is 13.9 Å². The van der Waals surface area contributed by atoms with Gasteiger partial charge in [-0.15, -0.1) is 11.3 Å². The summed E-state index contributed by atoms with van der Waals surface area (Å²) in [5.41, 5.74) is 1.34. The standard InChI is InChI=1S/C12H15N3O3S2.C2HF3O2/c16-8-10-11-7-15(5-2-4-14(11)9-13-10)20(17,18)12-3-1-6-19-12;3-2(4,5)1(6)7/h1,3,6,9,16H,2,4-5,7-8H2;(H,6,7). The average molecular weight is 427 g/mol. The molecule has 0 atom stereocenters. The number of hydrogen-bond donors (Lipinski definition) is 2. The third kappa shape index (κ3) is 5.06. The second kappa shape index (κ2) is 8.37. The van der Waals surface area contributed by atoms with Crippen LogP contribution in [0.25, 0.3) is 0 Å². The molecule has 13 heteroatoms. The molecule has 3 heterocycles. The van der Waals surface area contributed by atoms with E-state index in [4.69, 9.17) is 9.90 Å². The van der Waals surface area contributed by atoms with E-state index < -0.39 is 22.2 Å². The lowest BCUT2D eigenvalue weighted by Gasteiger charge is -2.19. The molecule has 0 fully saturated rings. The maximum absolute atomic E-state index is 12.6. The van der Waals surface area contributed by atoms with Gasteiger partial charge < -0.3 is 14.8 Å². The Morgan fingerprint density at radius 3 is 2.52 bits per heavy atom. The molecule has 1 aliphatic heterocycles. The highest BCUT2D eigenvalue weighted by Gasteiger charge is 2.38. The van der Waals surface area contributed by atoms with E-state index >= 15 is 0 Å². The minimum Gasteiger partial charge on any atom is -0.475 e. The summed E-state index contributed by atoms with van der Waals surface area (Å²) in [6, 6.07) is 3.36. The molecule has 0 aliphatic carbocycles. The number of sulfonamides is 1. The number of halogens is 3. The van der Waals surface area contributed by atoms with E-state index in [1.807, 2.05) is 4.57 Å². The van der Waals surface area contributed by atoms with Gasteiger partial charge in [0.25, 0.3) is 10.0 Å². The van der Waals surface area contributed by atoms with Gasteiger partial charge in [0.1, 0.15) is 4.21 Å². The normalized spacial score (nSPS) is 15.4. The van der Waals surface area contributed by atoms with Crippen LogP contribution in [0.2, 0.25) is 0 Å². The quantitative estimate of drug-likeness (QED) is 0.771. The molecule has 150 valence electrons. The minimum absolute atomic E-state index is 0.171. The van der Waals surface area contributed by atoms with E-state index in [2.05, 4.69) is 4.98 Å². The first kappa shape index (κ1) is 21.3. The van der Waals surface area contributed by atoms with E-state index in [1.165, 1.54) is 15.6 Å². The van der Waals surface area contributed by atoms with Gasteiger partial charge in [0.05, 0.1) is 30.9 Å². The maximum Gasteiger partial charge on any atom is 0.490 e. The lowest BCUT2D eigenvalue weighted by atomic mass is 10.3. The van der Waals surface area contributed by atoms with E-state index in [9.17, 15) is 26.7 Å². The number of thiophene rings is 1. The third-order valence-corrected chi connectivity index (χ3v) is 6.87. The van der Waals surface area contributed by atoms with Crippen LogP contribution < -0.4 is 0 Å². The number of fused-ring (bicyclic) bond motifs is 1. The summed E-state index contributed by atoms with van der Waals surface area (Å²) >= 11 is 1.22. The smallest absolute Gasteiger partial charge is 0.475 e. The highest BCUT2D eigenvalue weighted by atomic mass is 32.2. The summed E-state index contributed by atoms with van der Waals surface area (Å²) in [5, 5.41) is 18.2. The van der Waals surface area contributed by atoms with Crippen molar-refractivity contribution in [3.63, 3.8) is 0 Å². The number of aromatic nitrogens is 2. The molecule has 3 rings (SSSR count). The fourth-order valence-electron chi connectivity index (χ4n) is 2.36. The molecule has 2 aromatic heterocycles. The molecule has 27 heavy (non-hydrogen) atoms. The number of hydrogen-bond acceptors (Lipinski definition) is 6. The molecular weight excluding hydrogens is 411 g/mol. The lowest BCUT2D eigenvalue weighted by molar-refractivity contribution is -0.192. The SMILES string of the molecule is O=C(O)C(F)(F)F.O=S(=O)(c1cccs1)N1CCCn2cnc(CO)c2C1. The lowest BCUT2D eigenvalue weighted by Crippen LogP contribution is -2.30. The van der Waals surface area contributed by atoms with Crippen LogP contribution in [0.4, 0.5) is 13.2 Å². The summed E-state index contributed by atoms with van der Waals surface area (Å²) in [6.07, 6.45) is -2.68. The van der Waals surface area contributed by atoms with Gasteiger partial charge in [-0.2, -0.15) is 17.5 Å². The number of aliphatic hydroxyl groups is 1. The highest BCUT2D eigenvalue weighted by molar-refractivity contribution is 7.91. The fourth-order valence-corrected chi connectivity index (χ4v) is 4.95. The number of carbonyl (C=O) groups is 1. The molecule has 0 spiro atoms. The summed E-state index contributed by atoms with van der Waals surface area (Å²) in [6.45, 7) is 1.29. The van der Waals surface area contributed by atoms with E-state index in [0.29, 0.717) is 16.4 Å². The van der Waals surface area contributed by atoms with Crippen LogP contribution >= 0.6 is 11.3 Å². The summed E-state index contributed by atoms with van der Waals surface area (Å²) in [5.74, 6) is -2.76. The Bertz CT molecular complexity index is 878. The molecule has 0 saturated heterocycles. The van der Waals surface area contributed by atoms with Gasteiger partial charge in [0.15, 0.2) is 0 Å². The number of nitrogens with zero attached hydrogens (tertiary/aromatic N) is 3. The van der Waals surface area contributed by atoms with Crippen LogP contribution in [0.5, 0.6) is 0 Å². The van der Waals surface area contributed by atoms with Gasteiger partial charge in [-0.05, 0) is 17.9 Å². The van der Waals surface area contributed by atoms with Crippen molar-refractivity contribution in [3.8, 4) is 0 Å². The largest absolute Gasteiger partial charge is 0.490 e. The Morgan fingerprint density at radius 1 is 1.33 bits per heavy atom. The molecule has 1 aliphatic rings. The molecule has 0 radical (unpaired) electrons. The zero-order valence-corrected chi connectivity index (χ0v) is 15.4. The fraction of sp³-hybridized carbons (Fsp3) is 0.429. The maximum atomic E-state index is 12.6. The number of carboxylic acids is 1. The van der Waals surface area contributed by atoms with E-state index in [-0.39, 0.29) is 13.2 Å². The zero-order chi connectivity index (χ0) is 20.2. The molecule has 8 nitrogen and oxygen atoms in total. The number of imidazole rings is 1. The Hall–Kier alpha value is -1.96. The minimum atomic E-state index is -5.08. The number of aliphatic hydroxyl groups excluding tert-OH is 1. The van der Waals surface area contributed by atoms with Crippen LogP contribution in [0.3, 0.4) is 0 Å². The number of aliphatic carboxylic acids is 1. The van der Waals surface area contributed by atoms with Crippen LogP contribution in [-0.2, 0) is 34.5 Å². The molecule has 2 aromatic rings. The van der Waals surface area contributed by atoms with Gasteiger partial charge in [-0.1, -0.05) is 6.07 Å². The average Bonchev–Trinajstić information content (AvgIpc) is 3.20. The number of carboxylic acid groups (broad SMARTS) is 1. The predicted molar refractivity (Wildman–Crippen MR) is 88.4 cm³/mol. The van der Waals surface area contributed by atoms with Gasteiger partial charge in [-0.25, -0.2) is 18.2 Å². The first-order valence-electron chi connectivity index (χ1n) is 7.55. The molecule has 2 N–H and O–H groups in total. The summed E-state index contributed by atoms with van der Waals surface area (Å²) in [4.78, 5) is 13.0. The number of rotatable bonds is 3. The molecule has 0 bridgehead atoms. The summed E-state index contributed by atoms with van der Waals surface area (Å²) in [7, 11) is -3.46. The second-order valence-corrected chi connectivity index (χ2v) is 8.53. The van der Waals surface area contributed by atoms with Crippen LogP contribution in [0.1, 0.15) is 17.8 Å². The molecule has 0 unspecified atom stereocenters. The Kier molecular flexibility index (Phi) is 6.62. The van der Waals surface area contributed by atoms with Crippen LogP contribution in [-0.4, -0.2) is 51.2 Å². The molecular formula is C14H16F3N3O5S2. The first-order chi connectivity index (χ1) is 12.6. The van der Waals surface area contributed by atoms with Crippen molar-refractivity contribution < 1.29 is 36.6 Å². The second-order valence-electron chi connectivity index (χ2n) is 5.42. The van der Waals surface area contributed by atoms with E-state index in [1.54, 1.807) is 23.8 Å². The van der Waals surface area contributed by atoms with Crippen LogP contribution in [0.15, 0.2) is 28.0 Å². The van der Waals surface area contributed by atoms with Crippen molar-refractivity contribution >= 4 is 27.3 Å².